The normalized spacial score (nSPS) is 11.4. The SMILES string of the molecule is C[Si](C)(C)CCOCn1cnc(-c2ccccc2)c1CC(=O)Nc1cnc[nH]c1=O. The van der Waals surface area contributed by atoms with Gasteiger partial charge in [-0.15, -0.1) is 0 Å². The molecule has 2 N–H and O–H groups in total. The van der Waals surface area contributed by atoms with E-state index in [1.165, 1.54) is 12.5 Å². The molecular weight excluding hydrogens is 398 g/mol. The lowest BCUT2D eigenvalue weighted by Gasteiger charge is -2.16. The number of amides is 1. The molecule has 0 radical (unpaired) electrons. The van der Waals surface area contributed by atoms with Crippen molar-refractivity contribution >= 4 is 19.7 Å². The number of rotatable bonds is 9. The summed E-state index contributed by atoms with van der Waals surface area (Å²) in [4.78, 5) is 35.3. The van der Waals surface area contributed by atoms with Crippen LogP contribution < -0.4 is 10.9 Å². The largest absolute Gasteiger partial charge is 0.361 e. The van der Waals surface area contributed by atoms with Crippen LogP contribution in [0.25, 0.3) is 11.3 Å². The maximum absolute atomic E-state index is 12.7. The van der Waals surface area contributed by atoms with Crippen molar-refractivity contribution in [3.63, 3.8) is 0 Å². The Morgan fingerprint density at radius 3 is 2.70 bits per heavy atom. The molecule has 1 amide bonds. The summed E-state index contributed by atoms with van der Waals surface area (Å²) in [6.45, 7) is 7.90. The molecule has 2 heterocycles. The molecule has 0 aliphatic rings. The Morgan fingerprint density at radius 1 is 1.23 bits per heavy atom. The highest BCUT2D eigenvalue weighted by Crippen LogP contribution is 2.23. The Morgan fingerprint density at radius 2 is 2.00 bits per heavy atom. The highest BCUT2D eigenvalue weighted by molar-refractivity contribution is 6.76. The molecule has 30 heavy (non-hydrogen) atoms. The first-order chi connectivity index (χ1) is 14.3. The average molecular weight is 426 g/mol. The number of benzene rings is 1. The van der Waals surface area contributed by atoms with Crippen LogP contribution in [-0.2, 0) is 22.7 Å². The fourth-order valence-corrected chi connectivity index (χ4v) is 3.62. The zero-order valence-electron chi connectivity index (χ0n) is 17.5. The van der Waals surface area contributed by atoms with Crippen molar-refractivity contribution in [3.8, 4) is 11.3 Å². The lowest BCUT2D eigenvalue weighted by Crippen LogP contribution is -2.23. The van der Waals surface area contributed by atoms with E-state index < -0.39 is 13.6 Å². The highest BCUT2D eigenvalue weighted by atomic mass is 28.3. The molecule has 2 aromatic heterocycles. The predicted molar refractivity (Wildman–Crippen MR) is 119 cm³/mol. The average Bonchev–Trinajstić information content (AvgIpc) is 3.09. The molecule has 9 heteroatoms. The van der Waals surface area contributed by atoms with Gasteiger partial charge in [0.05, 0.1) is 36.7 Å². The van der Waals surface area contributed by atoms with Crippen LogP contribution >= 0.6 is 0 Å². The van der Waals surface area contributed by atoms with Crippen molar-refractivity contribution in [2.75, 3.05) is 11.9 Å². The van der Waals surface area contributed by atoms with E-state index in [0.717, 1.165) is 23.0 Å². The maximum Gasteiger partial charge on any atom is 0.274 e. The molecule has 0 atom stereocenters. The van der Waals surface area contributed by atoms with Crippen LogP contribution in [0.1, 0.15) is 5.69 Å². The number of carbonyl (C=O) groups excluding carboxylic acids is 1. The van der Waals surface area contributed by atoms with E-state index in [4.69, 9.17) is 4.74 Å². The van der Waals surface area contributed by atoms with E-state index >= 15 is 0 Å². The molecule has 3 aromatic rings. The molecule has 3 rings (SSSR count). The van der Waals surface area contributed by atoms with Crippen LogP contribution in [0, 0.1) is 0 Å². The Hall–Kier alpha value is -3.04. The van der Waals surface area contributed by atoms with E-state index in [2.05, 4.69) is 39.9 Å². The zero-order chi connectivity index (χ0) is 21.6. The highest BCUT2D eigenvalue weighted by Gasteiger charge is 2.18. The minimum Gasteiger partial charge on any atom is -0.361 e. The number of ether oxygens (including phenoxy) is 1. The first kappa shape index (κ1) is 21.7. The first-order valence-electron chi connectivity index (χ1n) is 9.83. The number of carbonyl (C=O) groups is 1. The van der Waals surface area contributed by atoms with Gasteiger partial charge in [0, 0.05) is 20.2 Å². The van der Waals surface area contributed by atoms with E-state index in [0.29, 0.717) is 13.3 Å². The van der Waals surface area contributed by atoms with Gasteiger partial charge in [0.1, 0.15) is 12.4 Å². The van der Waals surface area contributed by atoms with E-state index in [9.17, 15) is 9.59 Å². The molecule has 0 unspecified atom stereocenters. The fourth-order valence-electron chi connectivity index (χ4n) is 2.86. The molecule has 0 aliphatic heterocycles. The Labute approximate surface area is 176 Å². The van der Waals surface area contributed by atoms with Crippen LogP contribution in [0.4, 0.5) is 5.69 Å². The monoisotopic (exact) mass is 425 g/mol. The molecular formula is C21H27N5O3Si. The van der Waals surface area contributed by atoms with E-state index in [1.807, 2.05) is 34.9 Å². The van der Waals surface area contributed by atoms with Gasteiger partial charge in [0.15, 0.2) is 0 Å². The second kappa shape index (κ2) is 9.64. The van der Waals surface area contributed by atoms with Gasteiger partial charge in [-0.1, -0.05) is 50.0 Å². The van der Waals surface area contributed by atoms with Crippen molar-refractivity contribution in [1.29, 1.82) is 0 Å². The molecule has 0 bridgehead atoms. The number of nitrogens with zero attached hydrogens (tertiary/aromatic N) is 3. The number of H-pyrrole nitrogens is 1. The Balaban J connectivity index is 1.78. The lowest BCUT2D eigenvalue weighted by molar-refractivity contribution is -0.115. The smallest absolute Gasteiger partial charge is 0.274 e. The molecule has 0 fully saturated rings. The summed E-state index contributed by atoms with van der Waals surface area (Å²) in [5, 5.41) is 2.62. The summed E-state index contributed by atoms with van der Waals surface area (Å²) < 4.78 is 7.71. The van der Waals surface area contributed by atoms with Crippen molar-refractivity contribution in [2.24, 2.45) is 0 Å². The summed E-state index contributed by atoms with van der Waals surface area (Å²) in [7, 11) is -1.18. The third-order valence-corrected chi connectivity index (χ3v) is 6.24. The Kier molecular flexibility index (Phi) is 6.96. The third kappa shape index (κ3) is 5.98. The minimum atomic E-state index is -1.18. The van der Waals surface area contributed by atoms with Gasteiger partial charge in [0.2, 0.25) is 5.91 Å². The van der Waals surface area contributed by atoms with Crippen LogP contribution in [0.2, 0.25) is 25.7 Å². The van der Waals surface area contributed by atoms with Gasteiger partial charge < -0.3 is 19.6 Å². The van der Waals surface area contributed by atoms with Gasteiger partial charge in [0.25, 0.3) is 5.56 Å². The second-order valence-corrected chi connectivity index (χ2v) is 13.9. The molecule has 0 spiro atoms. The van der Waals surface area contributed by atoms with Crippen molar-refractivity contribution < 1.29 is 9.53 Å². The molecule has 158 valence electrons. The van der Waals surface area contributed by atoms with Crippen LogP contribution in [-0.4, -0.2) is 40.1 Å². The molecule has 0 saturated heterocycles. The van der Waals surface area contributed by atoms with Crippen molar-refractivity contribution in [1.82, 2.24) is 19.5 Å². The minimum absolute atomic E-state index is 0.0515. The quantitative estimate of drug-likeness (QED) is 0.405. The summed E-state index contributed by atoms with van der Waals surface area (Å²) in [6, 6.07) is 10.8. The maximum atomic E-state index is 12.7. The second-order valence-electron chi connectivity index (χ2n) is 8.24. The third-order valence-electron chi connectivity index (χ3n) is 4.54. The summed E-state index contributed by atoms with van der Waals surface area (Å²) in [5.74, 6) is -0.325. The molecule has 0 saturated carbocycles. The van der Waals surface area contributed by atoms with Gasteiger partial charge in [-0.25, -0.2) is 9.97 Å². The first-order valence-corrected chi connectivity index (χ1v) is 13.5. The summed E-state index contributed by atoms with van der Waals surface area (Å²) >= 11 is 0. The van der Waals surface area contributed by atoms with E-state index in [-0.39, 0.29) is 18.0 Å². The molecule has 8 nitrogen and oxygen atoms in total. The number of anilines is 1. The number of hydrogen-bond donors (Lipinski definition) is 2. The van der Waals surface area contributed by atoms with Crippen LogP contribution in [0.15, 0.2) is 54.0 Å². The predicted octanol–water partition coefficient (Wildman–Crippen LogP) is 3.13. The van der Waals surface area contributed by atoms with Crippen molar-refractivity contribution in [2.45, 2.75) is 38.8 Å². The van der Waals surface area contributed by atoms with Gasteiger partial charge >= 0.3 is 0 Å². The topological polar surface area (TPSA) is 102 Å². The van der Waals surface area contributed by atoms with Crippen LogP contribution in [0.5, 0.6) is 0 Å². The number of aromatic nitrogens is 4. The number of aromatic amines is 1. The Bertz CT molecular complexity index is 1040. The lowest BCUT2D eigenvalue weighted by atomic mass is 10.1. The molecule has 1 aromatic carbocycles. The number of nitrogens with one attached hydrogen (secondary N) is 2. The standard InChI is InChI=1S/C21H27N5O3Si/c1-30(2,3)10-9-29-15-26-14-24-20(16-7-5-4-6-8-16)18(26)11-19(27)25-17-12-22-13-23-21(17)28/h4-8,12-14H,9-11,15H2,1-3H3,(H,25,27)(H,22,23,28). The van der Waals surface area contributed by atoms with Crippen LogP contribution in [0.3, 0.4) is 0 Å². The van der Waals surface area contributed by atoms with Crippen molar-refractivity contribution in [3.05, 3.63) is 65.2 Å². The van der Waals surface area contributed by atoms with Gasteiger partial charge in [-0.2, -0.15) is 0 Å². The zero-order valence-corrected chi connectivity index (χ0v) is 18.5. The van der Waals surface area contributed by atoms with E-state index in [1.54, 1.807) is 6.33 Å². The molecule has 0 aliphatic carbocycles. The van der Waals surface area contributed by atoms with Gasteiger partial charge in [-0.05, 0) is 6.04 Å². The summed E-state index contributed by atoms with van der Waals surface area (Å²) in [5.41, 5.74) is 2.08. The fraction of sp³-hybridized carbons (Fsp3) is 0.333. The number of imidazole rings is 1. The van der Waals surface area contributed by atoms with Gasteiger partial charge in [-0.3, -0.25) is 9.59 Å². The number of hydrogen-bond acceptors (Lipinski definition) is 5. The summed E-state index contributed by atoms with van der Waals surface area (Å²) in [6.07, 6.45) is 4.34.